The van der Waals surface area contributed by atoms with Crippen molar-refractivity contribution in [2.75, 3.05) is 0 Å². The van der Waals surface area contributed by atoms with E-state index in [0.717, 1.165) is 28.5 Å². The van der Waals surface area contributed by atoms with Crippen molar-refractivity contribution >= 4 is 15.7 Å². The van der Waals surface area contributed by atoms with Crippen molar-refractivity contribution < 1.29 is 12.8 Å². The minimum atomic E-state index is -3.94. The molecule has 136 valence electrons. The molecule has 0 saturated heterocycles. The summed E-state index contributed by atoms with van der Waals surface area (Å²) in [6.45, 7) is 0.0378. The molecule has 8 heteroatoms. The number of sulfonamides is 1. The molecule has 2 aromatic heterocycles. The lowest BCUT2D eigenvalue weighted by Crippen LogP contribution is -2.24. The van der Waals surface area contributed by atoms with E-state index < -0.39 is 15.8 Å². The highest BCUT2D eigenvalue weighted by Gasteiger charge is 2.18. The summed E-state index contributed by atoms with van der Waals surface area (Å²) in [5.74, 6) is -0.782. The van der Waals surface area contributed by atoms with Crippen LogP contribution in [0, 0.1) is 5.82 Å². The lowest BCUT2D eigenvalue weighted by molar-refractivity contribution is 0.557. The van der Waals surface area contributed by atoms with Gasteiger partial charge in [0.2, 0.25) is 10.0 Å². The Labute approximate surface area is 155 Å². The molecule has 0 amide bonds. The molecule has 4 rings (SSSR count). The average Bonchev–Trinajstić information content (AvgIpc) is 3.11. The SMILES string of the molecule is O=S(=O)(NCc1cccc(-c2cn3ncccc3n2)c1)c1ccccc1F. The largest absolute Gasteiger partial charge is 0.243 e. The molecule has 0 saturated carbocycles. The van der Waals surface area contributed by atoms with Gasteiger partial charge in [0.05, 0.1) is 11.9 Å². The number of rotatable bonds is 5. The Bertz CT molecular complexity index is 1190. The Balaban J connectivity index is 1.57. The predicted molar refractivity (Wildman–Crippen MR) is 98.8 cm³/mol. The number of nitrogens with zero attached hydrogens (tertiary/aromatic N) is 3. The van der Waals surface area contributed by atoms with Crippen LogP contribution in [0.3, 0.4) is 0 Å². The number of halogens is 1. The van der Waals surface area contributed by atoms with Crippen molar-refractivity contribution in [3.05, 3.63) is 84.4 Å². The molecule has 0 aliphatic heterocycles. The summed E-state index contributed by atoms with van der Waals surface area (Å²) >= 11 is 0. The van der Waals surface area contributed by atoms with Gasteiger partial charge in [0, 0.05) is 18.3 Å². The van der Waals surface area contributed by atoms with Crippen LogP contribution in [-0.4, -0.2) is 23.0 Å². The van der Waals surface area contributed by atoms with Gasteiger partial charge in [-0.3, -0.25) is 0 Å². The predicted octanol–water partition coefficient (Wildman–Crippen LogP) is 3.01. The molecule has 2 heterocycles. The molecule has 4 aromatic rings. The third-order valence-electron chi connectivity index (χ3n) is 4.05. The summed E-state index contributed by atoms with van der Waals surface area (Å²) in [6.07, 6.45) is 3.48. The van der Waals surface area contributed by atoms with Gasteiger partial charge in [-0.2, -0.15) is 5.10 Å². The van der Waals surface area contributed by atoms with Gasteiger partial charge in [0.25, 0.3) is 0 Å². The highest BCUT2D eigenvalue weighted by atomic mass is 32.2. The smallest absolute Gasteiger partial charge is 0.227 e. The van der Waals surface area contributed by atoms with Crippen molar-refractivity contribution in [3.63, 3.8) is 0 Å². The second-order valence-electron chi connectivity index (χ2n) is 5.91. The van der Waals surface area contributed by atoms with E-state index in [-0.39, 0.29) is 11.4 Å². The monoisotopic (exact) mass is 382 g/mol. The molecule has 0 unspecified atom stereocenters. The second kappa shape index (κ2) is 6.90. The van der Waals surface area contributed by atoms with E-state index in [1.807, 2.05) is 24.3 Å². The van der Waals surface area contributed by atoms with Gasteiger partial charge in [0.1, 0.15) is 10.7 Å². The van der Waals surface area contributed by atoms with Crippen molar-refractivity contribution in [2.24, 2.45) is 0 Å². The van der Waals surface area contributed by atoms with E-state index in [4.69, 9.17) is 0 Å². The lowest BCUT2D eigenvalue weighted by Gasteiger charge is -2.08. The summed E-state index contributed by atoms with van der Waals surface area (Å²) in [6, 6.07) is 16.3. The number of imidazole rings is 1. The fourth-order valence-corrected chi connectivity index (χ4v) is 3.82. The normalized spacial score (nSPS) is 11.7. The Hall–Kier alpha value is -3.10. The average molecular weight is 382 g/mol. The number of aromatic nitrogens is 3. The highest BCUT2D eigenvalue weighted by Crippen LogP contribution is 2.20. The van der Waals surface area contributed by atoms with Gasteiger partial charge in [-0.1, -0.05) is 30.3 Å². The van der Waals surface area contributed by atoms with E-state index in [2.05, 4.69) is 14.8 Å². The van der Waals surface area contributed by atoms with Crippen LogP contribution in [-0.2, 0) is 16.6 Å². The number of nitrogens with one attached hydrogen (secondary N) is 1. The molecular formula is C19H15FN4O2S. The van der Waals surface area contributed by atoms with Crippen molar-refractivity contribution in [2.45, 2.75) is 11.4 Å². The molecule has 2 aromatic carbocycles. The van der Waals surface area contributed by atoms with Gasteiger partial charge in [0.15, 0.2) is 5.65 Å². The Kier molecular flexibility index (Phi) is 4.43. The van der Waals surface area contributed by atoms with Crippen LogP contribution in [0.2, 0.25) is 0 Å². The summed E-state index contributed by atoms with van der Waals surface area (Å²) < 4.78 is 42.5. The van der Waals surface area contributed by atoms with E-state index in [9.17, 15) is 12.8 Å². The number of hydrogen-bond donors (Lipinski definition) is 1. The van der Waals surface area contributed by atoms with Crippen LogP contribution >= 0.6 is 0 Å². The molecule has 0 atom stereocenters. The maximum absolute atomic E-state index is 13.8. The maximum Gasteiger partial charge on any atom is 0.243 e. The quantitative estimate of drug-likeness (QED) is 0.576. The molecule has 0 bridgehead atoms. The fourth-order valence-electron chi connectivity index (χ4n) is 2.73. The van der Waals surface area contributed by atoms with Crippen LogP contribution in [0.1, 0.15) is 5.56 Å². The molecule has 27 heavy (non-hydrogen) atoms. The van der Waals surface area contributed by atoms with E-state index >= 15 is 0 Å². The van der Waals surface area contributed by atoms with Crippen LogP contribution in [0.15, 0.2) is 78.0 Å². The number of hydrogen-bond acceptors (Lipinski definition) is 4. The molecule has 1 N–H and O–H groups in total. The Morgan fingerprint density at radius 2 is 1.89 bits per heavy atom. The summed E-state index contributed by atoms with van der Waals surface area (Å²) in [5, 5.41) is 4.19. The minimum Gasteiger partial charge on any atom is -0.227 e. The minimum absolute atomic E-state index is 0.0378. The van der Waals surface area contributed by atoms with Crippen LogP contribution in [0.25, 0.3) is 16.9 Å². The Morgan fingerprint density at radius 1 is 1.04 bits per heavy atom. The molecule has 6 nitrogen and oxygen atoms in total. The zero-order valence-electron chi connectivity index (χ0n) is 14.1. The molecule has 0 radical (unpaired) electrons. The first-order valence-electron chi connectivity index (χ1n) is 8.17. The first kappa shape index (κ1) is 17.3. The van der Waals surface area contributed by atoms with Gasteiger partial charge in [-0.15, -0.1) is 0 Å². The van der Waals surface area contributed by atoms with Crippen molar-refractivity contribution in [1.29, 1.82) is 0 Å². The maximum atomic E-state index is 13.8. The molecule has 0 fully saturated rings. The van der Waals surface area contributed by atoms with Gasteiger partial charge >= 0.3 is 0 Å². The zero-order chi connectivity index (χ0) is 18.9. The van der Waals surface area contributed by atoms with Crippen molar-refractivity contribution in [3.8, 4) is 11.3 Å². The van der Waals surface area contributed by atoms with Gasteiger partial charge in [-0.25, -0.2) is 27.0 Å². The van der Waals surface area contributed by atoms with Crippen LogP contribution in [0.4, 0.5) is 4.39 Å². The topological polar surface area (TPSA) is 76.4 Å². The van der Waals surface area contributed by atoms with Gasteiger partial charge < -0.3 is 0 Å². The number of fused-ring (bicyclic) bond motifs is 1. The standard InChI is InChI=1S/C19H15FN4O2S/c20-16-7-1-2-8-18(16)27(25,26)22-12-14-5-3-6-15(11-14)17-13-24-19(23-17)9-4-10-21-24/h1-11,13,22H,12H2. The molecule has 0 aliphatic rings. The van der Waals surface area contributed by atoms with Gasteiger partial charge in [-0.05, 0) is 35.9 Å². The van der Waals surface area contributed by atoms with Crippen LogP contribution < -0.4 is 4.72 Å². The lowest BCUT2D eigenvalue weighted by atomic mass is 10.1. The number of benzene rings is 2. The van der Waals surface area contributed by atoms with Crippen molar-refractivity contribution in [1.82, 2.24) is 19.3 Å². The summed E-state index contributed by atoms with van der Waals surface area (Å²) in [5.41, 5.74) is 3.02. The Morgan fingerprint density at radius 3 is 2.70 bits per heavy atom. The first-order valence-corrected chi connectivity index (χ1v) is 9.65. The third-order valence-corrected chi connectivity index (χ3v) is 5.49. The van der Waals surface area contributed by atoms with Crippen LogP contribution in [0.5, 0.6) is 0 Å². The second-order valence-corrected chi connectivity index (χ2v) is 7.64. The molecule has 0 aliphatic carbocycles. The molecular weight excluding hydrogens is 367 g/mol. The first-order chi connectivity index (χ1) is 13.0. The van der Waals surface area contributed by atoms with E-state index in [0.29, 0.717) is 0 Å². The molecule has 0 spiro atoms. The fraction of sp³-hybridized carbons (Fsp3) is 0.0526. The van der Waals surface area contributed by atoms with E-state index in [1.54, 1.807) is 29.0 Å². The summed E-state index contributed by atoms with van der Waals surface area (Å²) in [7, 11) is -3.94. The van der Waals surface area contributed by atoms with E-state index in [1.165, 1.54) is 18.2 Å². The highest BCUT2D eigenvalue weighted by molar-refractivity contribution is 7.89. The summed E-state index contributed by atoms with van der Waals surface area (Å²) in [4.78, 5) is 4.14. The third kappa shape index (κ3) is 3.57. The zero-order valence-corrected chi connectivity index (χ0v) is 14.9.